The zero-order valence-corrected chi connectivity index (χ0v) is 13.1. The van der Waals surface area contributed by atoms with Gasteiger partial charge in [-0.3, -0.25) is 0 Å². The smallest absolute Gasteiger partial charge is 0.244 e. The molecule has 0 spiro atoms. The third-order valence-corrected chi connectivity index (χ3v) is 6.44. The van der Waals surface area contributed by atoms with E-state index in [1.807, 2.05) is 17.5 Å². The molecule has 6 heteroatoms. The summed E-state index contributed by atoms with van der Waals surface area (Å²) < 4.78 is 27.5. The molecule has 1 N–H and O–H groups in total. The molecule has 1 saturated carbocycles. The first-order valence-electron chi connectivity index (χ1n) is 6.86. The second kappa shape index (κ2) is 5.88. The first kappa shape index (κ1) is 14.7. The Morgan fingerprint density at radius 1 is 1.19 bits per heavy atom. The van der Waals surface area contributed by atoms with E-state index in [0.29, 0.717) is 12.1 Å². The molecule has 1 aromatic carbocycles. The maximum Gasteiger partial charge on any atom is 0.244 e. The predicted molar refractivity (Wildman–Crippen MR) is 82.4 cm³/mol. The summed E-state index contributed by atoms with van der Waals surface area (Å²) >= 11 is 1.56. The van der Waals surface area contributed by atoms with Gasteiger partial charge in [-0.2, -0.15) is 4.31 Å². The van der Waals surface area contributed by atoms with Crippen LogP contribution in [0.15, 0.2) is 46.7 Å². The lowest BCUT2D eigenvalue weighted by molar-refractivity contribution is 0.278. The molecule has 0 amide bonds. The lowest BCUT2D eigenvalue weighted by atomic mass is 10.2. The van der Waals surface area contributed by atoms with Gasteiger partial charge in [0.25, 0.3) is 0 Å². The third-order valence-electron chi connectivity index (χ3n) is 3.58. The summed E-state index contributed by atoms with van der Waals surface area (Å²) in [4.78, 5) is 1.25. The highest BCUT2D eigenvalue weighted by Crippen LogP contribution is 2.35. The van der Waals surface area contributed by atoms with Gasteiger partial charge >= 0.3 is 0 Å². The summed E-state index contributed by atoms with van der Waals surface area (Å²) in [6.07, 6.45) is 1.82. The molecule has 1 aromatic heterocycles. The number of nitrogens with zero attached hydrogens (tertiary/aromatic N) is 1. The van der Waals surface area contributed by atoms with E-state index in [9.17, 15) is 13.5 Å². The van der Waals surface area contributed by atoms with Crippen molar-refractivity contribution in [2.24, 2.45) is 0 Å². The van der Waals surface area contributed by atoms with Gasteiger partial charge in [-0.05, 0) is 35.9 Å². The van der Waals surface area contributed by atoms with Gasteiger partial charge in [-0.1, -0.05) is 24.3 Å². The van der Waals surface area contributed by atoms with E-state index >= 15 is 0 Å². The second-order valence-corrected chi connectivity index (χ2v) is 8.02. The molecule has 0 atom stereocenters. The van der Waals surface area contributed by atoms with Crippen molar-refractivity contribution in [3.8, 4) is 0 Å². The highest BCUT2D eigenvalue weighted by molar-refractivity contribution is 7.89. The van der Waals surface area contributed by atoms with Crippen LogP contribution in [0, 0.1) is 0 Å². The van der Waals surface area contributed by atoms with Crippen molar-refractivity contribution >= 4 is 21.4 Å². The molecule has 2 aromatic rings. The number of hydrogen-bond donors (Lipinski definition) is 1. The van der Waals surface area contributed by atoms with E-state index in [2.05, 4.69) is 0 Å². The topological polar surface area (TPSA) is 57.6 Å². The number of hydrogen-bond acceptors (Lipinski definition) is 4. The zero-order chi connectivity index (χ0) is 14.9. The molecule has 1 fully saturated rings. The minimum Gasteiger partial charge on any atom is -0.392 e. The summed E-state index contributed by atoms with van der Waals surface area (Å²) in [5, 5.41) is 11.3. The zero-order valence-electron chi connectivity index (χ0n) is 11.5. The minimum absolute atomic E-state index is 0.0869. The van der Waals surface area contributed by atoms with Crippen LogP contribution in [0.25, 0.3) is 0 Å². The van der Waals surface area contributed by atoms with Crippen molar-refractivity contribution in [2.45, 2.75) is 36.9 Å². The second-order valence-electron chi connectivity index (χ2n) is 5.13. The van der Waals surface area contributed by atoms with Crippen LogP contribution in [-0.4, -0.2) is 23.9 Å². The quantitative estimate of drug-likeness (QED) is 0.889. The highest BCUT2D eigenvalue weighted by atomic mass is 32.2. The van der Waals surface area contributed by atoms with Gasteiger partial charge in [-0.15, -0.1) is 11.3 Å². The van der Waals surface area contributed by atoms with Crippen LogP contribution < -0.4 is 0 Å². The Hall–Kier alpha value is -1.21. The van der Waals surface area contributed by atoms with Crippen molar-refractivity contribution in [3.63, 3.8) is 0 Å². The van der Waals surface area contributed by atoms with E-state index in [1.165, 1.54) is 0 Å². The molecule has 4 nitrogen and oxygen atoms in total. The van der Waals surface area contributed by atoms with Crippen molar-refractivity contribution in [2.75, 3.05) is 0 Å². The first-order valence-corrected chi connectivity index (χ1v) is 9.18. The van der Waals surface area contributed by atoms with Crippen LogP contribution in [0.3, 0.4) is 0 Å². The predicted octanol–water partition coefficient (Wildman–Crippen LogP) is 2.59. The molecule has 1 aliphatic carbocycles. The fraction of sp³-hybridized carbons (Fsp3) is 0.333. The van der Waals surface area contributed by atoms with Crippen LogP contribution in [0.1, 0.15) is 23.3 Å². The van der Waals surface area contributed by atoms with Crippen molar-refractivity contribution in [1.29, 1.82) is 0 Å². The summed E-state index contributed by atoms with van der Waals surface area (Å²) in [7, 11) is -3.58. The van der Waals surface area contributed by atoms with Crippen molar-refractivity contribution < 1.29 is 13.5 Å². The van der Waals surface area contributed by atoms with Gasteiger partial charge in [0.1, 0.15) is 0 Å². The number of benzene rings is 1. The Labute approximate surface area is 128 Å². The summed E-state index contributed by atoms with van der Waals surface area (Å²) in [5.74, 6) is 0. The normalized spacial score (nSPS) is 15.5. The standard InChI is InChI=1S/C15H17NO3S2/c17-11-12-4-1-2-6-15(12)21(18,19)16(13-7-8-13)10-14-5-3-9-20-14/h1-6,9,13,17H,7-8,10-11H2. The maximum atomic E-state index is 12.9. The van der Waals surface area contributed by atoms with Gasteiger partial charge in [0.15, 0.2) is 0 Å². The van der Waals surface area contributed by atoms with E-state index in [-0.39, 0.29) is 17.5 Å². The number of thiophene rings is 1. The lowest BCUT2D eigenvalue weighted by Crippen LogP contribution is -2.33. The Morgan fingerprint density at radius 2 is 1.95 bits per heavy atom. The van der Waals surface area contributed by atoms with E-state index in [0.717, 1.165) is 17.7 Å². The number of aliphatic hydroxyl groups is 1. The van der Waals surface area contributed by atoms with Gasteiger partial charge in [0, 0.05) is 17.5 Å². The molecule has 1 heterocycles. The van der Waals surface area contributed by atoms with Crippen LogP contribution in [0.2, 0.25) is 0 Å². The largest absolute Gasteiger partial charge is 0.392 e. The average Bonchev–Trinajstić information content (AvgIpc) is 3.20. The Balaban J connectivity index is 1.97. The molecule has 1 aliphatic rings. The van der Waals surface area contributed by atoms with Crippen molar-refractivity contribution in [3.05, 3.63) is 52.2 Å². The number of aliphatic hydroxyl groups excluding tert-OH is 1. The minimum atomic E-state index is -3.58. The first-order chi connectivity index (χ1) is 10.1. The fourth-order valence-electron chi connectivity index (χ4n) is 2.34. The SMILES string of the molecule is O=S(=O)(c1ccccc1CO)N(Cc1cccs1)C1CC1. The Bertz CT molecular complexity index is 706. The molecule has 0 radical (unpaired) electrons. The molecule has 0 bridgehead atoms. The van der Waals surface area contributed by atoms with Crippen LogP contribution in [0.5, 0.6) is 0 Å². The van der Waals surface area contributed by atoms with Gasteiger partial charge in [-0.25, -0.2) is 8.42 Å². The van der Waals surface area contributed by atoms with E-state index < -0.39 is 10.0 Å². The molecule has 0 aliphatic heterocycles. The number of rotatable bonds is 6. The molecular weight excluding hydrogens is 306 g/mol. The van der Waals surface area contributed by atoms with Gasteiger partial charge < -0.3 is 5.11 Å². The summed E-state index contributed by atoms with van der Waals surface area (Å²) in [6.45, 7) is 0.136. The third kappa shape index (κ3) is 3.03. The van der Waals surface area contributed by atoms with Crippen molar-refractivity contribution in [1.82, 2.24) is 4.31 Å². The molecule has 3 rings (SSSR count). The fourth-order valence-corrected chi connectivity index (χ4v) is 5.01. The number of sulfonamides is 1. The van der Waals surface area contributed by atoms with Gasteiger partial charge in [0.05, 0.1) is 11.5 Å². The monoisotopic (exact) mass is 323 g/mol. The summed E-state index contributed by atoms with van der Waals surface area (Å²) in [5.41, 5.74) is 0.453. The average molecular weight is 323 g/mol. The highest BCUT2D eigenvalue weighted by Gasteiger charge is 2.38. The van der Waals surface area contributed by atoms with E-state index in [4.69, 9.17) is 0 Å². The van der Waals surface area contributed by atoms with Crippen LogP contribution in [-0.2, 0) is 23.2 Å². The Kier molecular flexibility index (Phi) is 4.12. The molecule has 0 unspecified atom stereocenters. The molecular formula is C15H17NO3S2. The molecule has 112 valence electrons. The molecule has 0 saturated heterocycles. The van der Waals surface area contributed by atoms with Crippen LogP contribution in [0.4, 0.5) is 0 Å². The Morgan fingerprint density at radius 3 is 2.57 bits per heavy atom. The maximum absolute atomic E-state index is 12.9. The summed E-state index contributed by atoms with van der Waals surface area (Å²) in [6, 6.07) is 10.6. The van der Waals surface area contributed by atoms with Gasteiger partial charge in [0.2, 0.25) is 10.0 Å². The van der Waals surface area contributed by atoms with E-state index in [1.54, 1.807) is 39.9 Å². The molecule has 21 heavy (non-hydrogen) atoms. The lowest BCUT2D eigenvalue weighted by Gasteiger charge is -2.22. The van der Waals surface area contributed by atoms with Crippen LogP contribution >= 0.6 is 11.3 Å².